The zero-order chi connectivity index (χ0) is 17.6. The van der Waals surface area contributed by atoms with Crippen LogP contribution < -0.4 is 0 Å². The van der Waals surface area contributed by atoms with Crippen LogP contribution in [0.1, 0.15) is 38.8 Å². The molecule has 5 heteroatoms. The molecule has 0 amide bonds. The summed E-state index contributed by atoms with van der Waals surface area (Å²) in [6.07, 6.45) is 0. The van der Waals surface area contributed by atoms with Crippen molar-refractivity contribution in [3.63, 3.8) is 0 Å². The maximum absolute atomic E-state index is 13.6. The molecule has 2 N–H and O–H groups in total. The van der Waals surface area contributed by atoms with Gasteiger partial charge in [-0.2, -0.15) is 0 Å². The fourth-order valence-corrected chi connectivity index (χ4v) is 6.88. The summed E-state index contributed by atoms with van der Waals surface area (Å²) in [6, 6.07) is 16.5. The van der Waals surface area contributed by atoms with Crippen LogP contribution in [-0.4, -0.2) is 8.32 Å². The van der Waals surface area contributed by atoms with Crippen molar-refractivity contribution < 1.29 is 27.4 Å². The van der Waals surface area contributed by atoms with E-state index in [4.69, 9.17) is 0 Å². The molecule has 0 saturated heterocycles. The summed E-state index contributed by atoms with van der Waals surface area (Å²) in [6.45, 7) is 5.34. The average molecular weight is 356 g/mol. The fourth-order valence-electron chi connectivity index (χ4n) is 2.84. The second kappa shape index (κ2) is 4.52. The topological polar surface area (TPSA) is 74.6 Å². The molecular weight excluding hydrogens is 332 g/mol. The van der Waals surface area contributed by atoms with Gasteiger partial charge in [0.25, 0.3) is 0 Å². The number of benzene rings is 2. The van der Waals surface area contributed by atoms with Crippen LogP contribution in [0.15, 0.2) is 60.7 Å². The van der Waals surface area contributed by atoms with Gasteiger partial charge in [-0.3, -0.25) is 0 Å². The van der Waals surface area contributed by atoms with Crippen molar-refractivity contribution in [2.45, 2.75) is 36.2 Å². The minimum absolute atomic E-state index is 0.328. The molecule has 0 unspecified atom stereocenters. The third-order valence-electron chi connectivity index (χ3n) is 5.19. The van der Waals surface area contributed by atoms with E-state index in [2.05, 4.69) is 0 Å². The predicted molar refractivity (Wildman–Crippen MR) is 84.7 cm³/mol. The van der Waals surface area contributed by atoms with Gasteiger partial charge >= 0.3 is 135 Å². The maximum atomic E-state index is 13.6. The SMILES string of the molecule is C[C](C)(c1ccccc1)[Cr](=[O])(=[O])([OH])([OH])[C](C)(C)c1ccccc1. The van der Waals surface area contributed by atoms with Crippen molar-refractivity contribution in [3.8, 4) is 0 Å². The first-order chi connectivity index (χ1) is 10.3. The summed E-state index contributed by atoms with van der Waals surface area (Å²) >= 11 is -7.80. The van der Waals surface area contributed by atoms with Gasteiger partial charge in [-0.1, -0.05) is 0 Å². The van der Waals surface area contributed by atoms with Crippen molar-refractivity contribution in [1.82, 2.24) is 0 Å². The van der Waals surface area contributed by atoms with E-state index in [-0.39, 0.29) is 0 Å². The molecule has 0 spiro atoms. The molecule has 0 aliphatic heterocycles. The second-order valence-corrected chi connectivity index (χ2v) is 14.1. The van der Waals surface area contributed by atoms with Gasteiger partial charge in [-0.05, 0) is 0 Å². The number of rotatable bonds is 4. The van der Waals surface area contributed by atoms with Gasteiger partial charge in [0.15, 0.2) is 0 Å². The van der Waals surface area contributed by atoms with E-state index in [0.717, 1.165) is 0 Å². The predicted octanol–water partition coefficient (Wildman–Crippen LogP) is 3.59. The molecular formula is C18H24CrO4. The molecule has 0 saturated carbocycles. The van der Waals surface area contributed by atoms with Crippen LogP contribution in [0.2, 0.25) is 0 Å². The summed E-state index contributed by atoms with van der Waals surface area (Å²) < 4.78 is 45.5. The Hall–Kier alpha value is -1.51. The molecule has 0 aliphatic rings. The molecule has 0 atom stereocenters. The summed E-state index contributed by atoms with van der Waals surface area (Å²) in [7, 11) is 0. The quantitative estimate of drug-likeness (QED) is 0.878. The zero-order valence-electron chi connectivity index (χ0n) is 13.9. The molecule has 4 nitrogen and oxygen atoms in total. The number of hydrogen-bond acceptors (Lipinski definition) is 2. The van der Waals surface area contributed by atoms with E-state index >= 15 is 0 Å². The number of hydrogen-bond donors (Lipinski definition) is 2. The normalized spacial score (nSPS) is 16.4. The first-order valence-corrected chi connectivity index (χ1v) is 10.9. The van der Waals surface area contributed by atoms with Gasteiger partial charge in [0.05, 0.1) is 0 Å². The standard InChI is InChI=1S/2C9H11.Cr.2H2O.2O/c2*1-8(2)9-6-4-3-5-7-9;;;;;/h2*3-7H,1-2H3;;2*1H2;;/q;;+2;;;;/p-2. The Morgan fingerprint density at radius 3 is 1.17 bits per heavy atom. The van der Waals surface area contributed by atoms with Gasteiger partial charge in [0, 0.05) is 0 Å². The molecule has 0 aliphatic carbocycles. The Balaban J connectivity index is 2.84. The van der Waals surface area contributed by atoms with Crippen LogP contribution in [0.5, 0.6) is 0 Å². The van der Waals surface area contributed by atoms with Gasteiger partial charge in [0.2, 0.25) is 0 Å². The van der Waals surface area contributed by atoms with E-state index in [1.165, 1.54) is 27.7 Å². The summed E-state index contributed by atoms with van der Waals surface area (Å²) in [5.74, 6) is 0. The third-order valence-corrected chi connectivity index (χ3v) is 13.0. The third kappa shape index (κ3) is 2.20. The molecule has 2 rings (SSSR count). The molecule has 0 bridgehead atoms. The monoisotopic (exact) mass is 356 g/mol. The molecule has 0 aromatic heterocycles. The van der Waals surface area contributed by atoms with Crippen LogP contribution in [0.25, 0.3) is 0 Å². The van der Waals surface area contributed by atoms with Crippen LogP contribution in [0, 0.1) is 0 Å². The van der Waals surface area contributed by atoms with Crippen LogP contribution in [-0.2, 0) is 27.6 Å². The Labute approximate surface area is 135 Å². The van der Waals surface area contributed by atoms with E-state index in [1.54, 1.807) is 60.7 Å². The van der Waals surface area contributed by atoms with Gasteiger partial charge in [-0.25, -0.2) is 0 Å². The van der Waals surface area contributed by atoms with Crippen molar-refractivity contribution in [2.75, 3.05) is 0 Å². The van der Waals surface area contributed by atoms with Crippen molar-refractivity contribution in [1.29, 1.82) is 0 Å². The Kier molecular flexibility index (Phi) is 3.51. The van der Waals surface area contributed by atoms with E-state index < -0.39 is 20.0 Å². The van der Waals surface area contributed by atoms with Crippen LogP contribution >= 0.6 is 0 Å². The molecule has 23 heavy (non-hydrogen) atoms. The Morgan fingerprint density at radius 1 is 0.652 bits per heavy atom. The summed E-state index contributed by atoms with van der Waals surface area (Å²) in [5, 5.41) is 0. The van der Waals surface area contributed by atoms with Crippen molar-refractivity contribution in [2.24, 2.45) is 0 Å². The van der Waals surface area contributed by atoms with Crippen molar-refractivity contribution in [3.05, 3.63) is 71.8 Å². The first-order valence-electron chi connectivity index (χ1n) is 7.43. The molecule has 2 aromatic carbocycles. The summed E-state index contributed by atoms with van der Waals surface area (Å²) in [5.41, 5.74) is 0.656. The molecule has 126 valence electrons. The van der Waals surface area contributed by atoms with Crippen LogP contribution in [0.4, 0.5) is 0 Å². The molecule has 0 fully saturated rings. The minimum atomic E-state index is -7.80. The van der Waals surface area contributed by atoms with Gasteiger partial charge in [-0.15, -0.1) is 0 Å². The van der Waals surface area contributed by atoms with Gasteiger partial charge < -0.3 is 0 Å². The molecule has 0 radical (unpaired) electrons. The first kappa shape index (κ1) is 17.8. The zero-order valence-corrected chi connectivity index (χ0v) is 15.2. The fraction of sp³-hybridized carbons (Fsp3) is 0.333. The average Bonchev–Trinajstić information content (AvgIpc) is 2.47. The summed E-state index contributed by atoms with van der Waals surface area (Å²) in [4.78, 5) is 0. The second-order valence-electron chi connectivity index (χ2n) is 7.00. The van der Waals surface area contributed by atoms with E-state index in [9.17, 15) is 15.9 Å². The van der Waals surface area contributed by atoms with E-state index in [1.807, 2.05) is 0 Å². The molecule has 2 aromatic rings. The van der Waals surface area contributed by atoms with Gasteiger partial charge in [0.1, 0.15) is 0 Å². The Bertz CT molecular complexity index is 813. The van der Waals surface area contributed by atoms with E-state index in [0.29, 0.717) is 11.1 Å². The molecule has 0 heterocycles. The van der Waals surface area contributed by atoms with Crippen LogP contribution in [0.3, 0.4) is 0 Å². The Morgan fingerprint density at radius 2 is 0.913 bits per heavy atom. The van der Waals surface area contributed by atoms with Crippen molar-refractivity contribution >= 4 is 0 Å².